The third-order valence-corrected chi connectivity index (χ3v) is 5.73. The Bertz CT molecular complexity index is 612. The standard InChI is InChI=1S/C20H29N3O3/c24-13-12-23-16-20(7-6-19(23)26)8-10-22(11-9-20)15-18(25)21-14-17-4-2-1-3-5-17/h1-5,24H,6-16H2,(H,21,25). The summed E-state index contributed by atoms with van der Waals surface area (Å²) in [5, 5.41) is 12.1. The summed E-state index contributed by atoms with van der Waals surface area (Å²) in [5.74, 6) is 0.220. The van der Waals surface area contributed by atoms with Crippen molar-refractivity contribution in [2.24, 2.45) is 5.41 Å². The largest absolute Gasteiger partial charge is 0.395 e. The zero-order valence-electron chi connectivity index (χ0n) is 15.3. The van der Waals surface area contributed by atoms with Crippen LogP contribution in [0.25, 0.3) is 0 Å². The van der Waals surface area contributed by atoms with Gasteiger partial charge in [-0.2, -0.15) is 0 Å². The first kappa shape index (κ1) is 18.9. The molecule has 0 aromatic heterocycles. The van der Waals surface area contributed by atoms with Crippen LogP contribution in [0.5, 0.6) is 0 Å². The van der Waals surface area contributed by atoms with Crippen LogP contribution in [0.4, 0.5) is 0 Å². The van der Waals surface area contributed by atoms with Gasteiger partial charge in [-0.15, -0.1) is 0 Å². The van der Waals surface area contributed by atoms with E-state index in [9.17, 15) is 9.59 Å². The third-order valence-electron chi connectivity index (χ3n) is 5.73. The average molecular weight is 359 g/mol. The van der Waals surface area contributed by atoms with Gasteiger partial charge in [-0.3, -0.25) is 14.5 Å². The van der Waals surface area contributed by atoms with Gasteiger partial charge in [-0.1, -0.05) is 30.3 Å². The predicted molar refractivity (Wildman–Crippen MR) is 99.3 cm³/mol. The molecule has 142 valence electrons. The van der Waals surface area contributed by atoms with Crippen molar-refractivity contribution in [2.75, 3.05) is 39.3 Å². The Hall–Kier alpha value is -1.92. The number of carbonyl (C=O) groups excluding carboxylic acids is 2. The number of nitrogens with zero attached hydrogens (tertiary/aromatic N) is 2. The molecule has 0 radical (unpaired) electrons. The monoisotopic (exact) mass is 359 g/mol. The number of hydrogen-bond donors (Lipinski definition) is 2. The van der Waals surface area contributed by atoms with Crippen molar-refractivity contribution in [2.45, 2.75) is 32.2 Å². The first-order chi connectivity index (χ1) is 12.6. The molecule has 2 aliphatic heterocycles. The van der Waals surface area contributed by atoms with Gasteiger partial charge in [0.25, 0.3) is 0 Å². The van der Waals surface area contributed by atoms with Gasteiger partial charge in [0.1, 0.15) is 0 Å². The van der Waals surface area contributed by atoms with Crippen LogP contribution in [0, 0.1) is 5.41 Å². The average Bonchev–Trinajstić information content (AvgIpc) is 2.66. The molecule has 0 aliphatic carbocycles. The van der Waals surface area contributed by atoms with Crippen LogP contribution in [-0.2, 0) is 16.1 Å². The molecule has 0 bridgehead atoms. The van der Waals surface area contributed by atoms with E-state index in [-0.39, 0.29) is 23.8 Å². The number of β-amino-alcohol motifs (C(OH)–C–C–N with tert-alkyl or cyclic N) is 1. The van der Waals surface area contributed by atoms with Crippen molar-refractivity contribution in [3.8, 4) is 0 Å². The molecule has 6 nitrogen and oxygen atoms in total. The van der Waals surface area contributed by atoms with Crippen LogP contribution in [0.3, 0.4) is 0 Å². The summed E-state index contributed by atoms with van der Waals surface area (Å²) in [7, 11) is 0. The highest BCUT2D eigenvalue weighted by Crippen LogP contribution is 2.40. The second-order valence-electron chi connectivity index (χ2n) is 7.58. The molecular formula is C20H29N3O3. The van der Waals surface area contributed by atoms with Crippen molar-refractivity contribution in [1.29, 1.82) is 0 Å². The first-order valence-electron chi connectivity index (χ1n) is 9.52. The Morgan fingerprint density at radius 2 is 1.88 bits per heavy atom. The van der Waals surface area contributed by atoms with E-state index in [0.29, 0.717) is 26.1 Å². The molecule has 2 heterocycles. The number of piperidine rings is 2. The van der Waals surface area contributed by atoms with Crippen molar-refractivity contribution in [3.05, 3.63) is 35.9 Å². The normalized spacial score (nSPS) is 20.3. The molecule has 0 unspecified atom stereocenters. The molecule has 1 aromatic rings. The molecule has 2 saturated heterocycles. The topological polar surface area (TPSA) is 72.9 Å². The molecule has 0 atom stereocenters. The van der Waals surface area contributed by atoms with Crippen LogP contribution in [0.1, 0.15) is 31.2 Å². The molecule has 2 aliphatic rings. The van der Waals surface area contributed by atoms with E-state index in [4.69, 9.17) is 5.11 Å². The summed E-state index contributed by atoms with van der Waals surface area (Å²) in [4.78, 5) is 28.2. The van der Waals surface area contributed by atoms with E-state index in [0.717, 1.165) is 44.5 Å². The molecule has 2 N–H and O–H groups in total. The number of rotatable bonds is 6. The zero-order valence-corrected chi connectivity index (χ0v) is 15.3. The number of hydrogen-bond acceptors (Lipinski definition) is 4. The van der Waals surface area contributed by atoms with Gasteiger partial charge in [-0.25, -0.2) is 0 Å². The lowest BCUT2D eigenvalue weighted by atomic mass is 9.72. The third kappa shape index (κ3) is 4.83. The van der Waals surface area contributed by atoms with E-state index in [2.05, 4.69) is 10.2 Å². The molecular weight excluding hydrogens is 330 g/mol. The second kappa shape index (κ2) is 8.64. The number of aliphatic hydroxyl groups excluding tert-OH is 1. The number of likely N-dealkylation sites (tertiary alicyclic amines) is 2. The van der Waals surface area contributed by atoms with E-state index in [1.165, 1.54) is 0 Å². The van der Waals surface area contributed by atoms with E-state index < -0.39 is 0 Å². The van der Waals surface area contributed by atoms with Crippen LogP contribution in [0.15, 0.2) is 30.3 Å². The van der Waals surface area contributed by atoms with Gasteiger partial charge in [0.05, 0.1) is 13.2 Å². The number of benzene rings is 1. The lowest BCUT2D eigenvalue weighted by molar-refractivity contribution is -0.139. The molecule has 26 heavy (non-hydrogen) atoms. The fraction of sp³-hybridized carbons (Fsp3) is 0.600. The van der Waals surface area contributed by atoms with Gasteiger partial charge < -0.3 is 15.3 Å². The molecule has 1 spiro atoms. The Labute approximate surface area is 155 Å². The van der Waals surface area contributed by atoms with Crippen LogP contribution < -0.4 is 5.32 Å². The van der Waals surface area contributed by atoms with Gasteiger partial charge in [0.15, 0.2) is 0 Å². The van der Waals surface area contributed by atoms with E-state index in [1.54, 1.807) is 0 Å². The van der Waals surface area contributed by atoms with E-state index >= 15 is 0 Å². The molecule has 2 amide bonds. The Morgan fingerprint density at radius 3 is 2.58 bits per heavy atom. The van der Waals surface area contributed by atoms with E-state index in [1.807, 2.05) is 35.2 Å². The number of nitrogens with one attached hydrogen (secondary N) is 1. The highest BCUT2D eigenvalue weighted by atomic mass is 16.3. The maximum absolute atomic E-state index is 12.2. The maximum atomic E-state index is 12.2. The van der Waals surface area contributed by atoms with Gasteiger partial charge >= 0.3 is 0 Å². The second-order valence-corrected chi connectivity index (χ2v) is 7.58. The molecule has 0 saturated carbocycles. The Balaban J connectivity index is 1.43. The maximum Gasteiger partial charge on any atom is 0.234 e. The van der Waals surface area contributed by atoms with Crippen LogP contribution in [-0.4, -0.2) is 66.1 Å². The minimum atomic E-state index is 0.0233. The van der Waals surface area contributed by atoms with Gasteiger partial charge in [0, 0.05) is 26.1 Å². The zero-order chi connectivity index (χ0) is 18.4. The summed E-state index contributed by atoms with van der Waals surface area (Å²) < 4.78 is 0. The number of amides is 2. The van der Waals surface area contributed by atoms with Crippen LogP contribution in [0.2, 0.25) is 0 Å². The Morgan fingerprint density at radius 1 is 1.15 bits per heavy atom. The van der Waals surface area contributed by atoms with Gasteiger partial charge in [0.2, 0.25) is 11.8 Å². The fourth-order valence-corrected chi connectivity index (χ4v) is 4.08. The summed E-state index contributed by atoms with van der Waals surface area (Å²) in [6.07, 6.45) is 3.53. The van der Waals surface area contributed by atoms with Crippen molar-refractivity contribution in [3.63, 3.8) is 0 Å². The van der Waals surface area contributed by atoms with Crippen molar-refractivity contribution in [1.82, 2.24) is 15.1 Å². The SMILES string of the molecule is O=C(CN1CCC2(CCC(=O)N(CCO)C2)CC1)NCc1ccccc1. The Kier molecular flexibility index (Phi) is 6.27. The fourth-order valence-electron chi connectivity index (χ4n) is 4.08. The molecule has 6 heteroatoms. The summed E-state index contributed by atoms with van der Waals surface area (Å²) in [5.41, 5.74) is 1.27. The summed E-state index contributed by atoms with van der Waals surface area (Å²) in [6, 6.07) is 9.93. The van der Waals surface area contributed by atoms with Crippen LogP contribution >= 0.6 is 0 Å². The minimum absolute atomic E-state index is 0.0233. The first-order valence-corrected chi connectivity index (χ1v) is 9.52. The minimum Gasteiger partial charge on any atom is -0.395 e. The smallest absolute Gasteiger partial charge is 0.234 e. The van der Waals surface area contributed by atoms with Crippen molar-refractivity contribution < 1.29 is 14.7 Å². The highest BCUT2D eigenvalue weighted by Gasteiger charge is 2.40. The molecule has 3 rings (SSSR count). The lowest BCUT2D eigenvalue weighted by Crippen LogP contribution is -2.53. The van der Waals surface area contributed by atoms with Gasteiger partial charge in [-0.05, 0) is 43.3 Å². The number of carbonyl (C=O) groups is 2. The van der Waals surface area contributed by atoms with Crippen molar-refractivity contribution >= 4 is 11.8 Å². The molecule has 2 fully saturated rings. The quantitative estimate of drug-likeness (QED) is 0.795. The highest BCUT2D eigenvalue weighted by molar-refractivity contribution is 5.78. The summed E-state index contributed by atoms with van der Waals surface area (Å²) in [6.45, 7) is 3.99. The lowest BCUT2D eigenvalue weighted by Gasteiger charge is -2.47. The molecule has 1 aromatic carbocycles. The predicted octanol–water partition coefficient (Wildman–Crippen LogP) is 1.000. The summed E-state index contributed by atoms with van der Waals surface area (Å²) >= 11 is 0. The number of aliphatic hydroxyl groups is 1.